The van der Waals surface area contributed by atoms with E-state index in [1.807, 2.05) is 0 Å². The van der Waals surface area contributed by atoms with Crippen molar-refractivity contribution >= 4 is 24.1 Å². The fraction of sp³-hybridized carbons (Fsp3) is 1.00. The summed E-state index contributed by atoms with van der Waals surface area (Å²) in [6, 6.07) is 0. The molecule has 0 nitrogen and oxygen atoms in total. The molecule has 0 bridgehead atoms. The van der Waals surface area contributed by atoms with Crippen molar-refractivity contribution in [1.82, 2.24) is 0 Å². The van der Waals surface area contributed by atoms with Crippen LogP contribution in [0, 0.1) is 0 Å². The van der Waals surface area contributed by atoms with Gasteiger partial charge in [0.2, 0.25) is 0 Å². The number of hydrogen-bond acceptors (Lipinski definition) is 1. The molecule has 0 atom stereocenters. The molecule has 0 saturated heterocycles. The molecule has 0 aromatic rings. The molecule has 0 unspecified atom stereocenters. The number of rotatable bonds is 1. The molecule has 0 N–H and O–H groups in total. The maximum atomic E-state index is 4.64. The third-order valence-corrected chi connectivity index (χ3v) is 1.50. The van der Waals surface area contributed by atoms with Gasteiger partial charge >= 0.3 is 36.3 Å². The monoisotopic (exact) mass is 88.0 g/mol. The van der Waals surface area contributed by atoms with Gasteiger partial charge in [-0.25, -0.2) is 0 Å². The van der Waals surface area contributed by atoms with Crippen molar-refractivity contribution in [2.75, 3.05) is 0 Å². The molecule has 0 saturated carbocycles. The average Bonchev–Trinajstić information content (AvgIpc) is 1.37. The van der Waals surface area contributed by atoms with Crippen molar-refractivity contribution in [3.63, 3.8) is 0 Å². The van der Waals surface area contributed by atoms with E-state index in [1.54, 1.807) is 0 Å². The van der Waals surface area contributed by atoms with Crippen LogP contribution in [-0.2, 0) is 0 Å². The molecule has 0 aromatic carbocycles. The molecule has 4 heavy (non-hydrogen) atoms. The molecule has 22 valence electrons. The van der Waals surface area contributed by atoms with Gasteiger partial charge in [-0.15, -0.1) is 0 Å². The first-order chi connectivity index (χ1) is 1.91. The quantitative estimate of drug-likeness (QED) is 0.434. The van der Waals surface area contributed by atoms with Gasteiger partial charge in [0.1, 0.15) is 0 Å². The van der Waals surface area contributed by atoms with Crippen LogP contribution in [0.4, 0.5) is 0 Å². The van der Waals surface area contributed by atoms with Crippen molar-refractivity contribution in [1.29, 1.82) is 0 Å². The molecule has 0 rings (SSSR count). The molecule has 0 spiro atoms. The second-order valence-electron chi connectivity index (χ2n) is 0.575. The van der Waals surface area contributed by atoms with Gasteiger partial charge in [-0.2, -0.15) is 0 Å². The van der Waals surface area contributed by atoms with Crippen molar-refractivity contribution in [3.05, 3.63) is 0 Å². The predicted molar refractivity (Wildman–Crippen MR) is 23.8 cm³/mol. The second-order valence-corrected chi connectivity index (χ2v) is 2.72. The van der Waals surface area contributed by atoms with Gasteiger partial charge < -0.3 is 0 Å². The van der Waals surface area contributed by atoms with Crippen LogP contribution in [0.5, 0.6) is 0 Å². The molecule has 0 heterocycles. The Morgan fingerprint density at radius 2 is 2.25 bits per heavy atom. The molecule has 2 heteroatoms. The molecule has 0 aliphatic rings. The first-order valence-corrected chi connectivity index (χ1v) is 4.05. The topological polar surface area (TPSA) is 0 Å². The summed E-state index contributed by atoms with van der Waals surface area (Å²) in [6.45, 7) is 2.11. The summed E-state index contributed by atoms with van der Waals surface area (Å²) in [4.78, 5) is 0. The molecule has 0 fully saturated rings. The Morgan fingerprint density at radius 3 is 2.25 bits per heavy atom. The third-order valence-electron chi connectivity index (χ3n) is 0.167. The molecular formula is C2H5AlS. The minimum absolute atomic E-state index is 0.366. The first-order valence-electron chi connectivity index (χ1n) is 1.35. The average molecular weight is 88.1 g/mol. The van der Waals surface area contributed by atoms with Gasteiger partial charge in [0.15, 0.2) is 0 Å². The second kappa shape index (κ2) is 3.75. The Morgan fingerprint density at radius 1 is 2.00 bits per heavy atom. The first kappa shape index (κ1) is 4.75. The Hall–Kier alpha value is 0.752. The van der Waals surface area contributed by atoms with E-state index in [9.17, 15) is 0 Å². The van der Waals surface area contributed by atoms with E-state index in [1.165, 1.54) is 5.28 Å². The van der Waals surface area contributed by atoms with Crippen molar-refractivity contribution < 1.29 is 0 Å². The van der Waals surface area contributed by atoms with Crippen LogP contribution < -0.4 is 0 Å². The molecular weight excluding hydrogens is 83.1 g/mol. The molecule has 0 amide bonds. The Labute approximate surface area is 36.7 Å². The Balaban J connectivity index is 2.30. The fourth-order valence-corrected chi connectivity index (χ4v) is 0. The van der Waals surface area contributed by atoms with Crippen molar-refractivity contribution in [2.24, 2.45) is 0 Å². The summed E-state index contributed by atoms with van der Waals surface area (Å²) >= 11 is 0.366. The van der Waals surface area contributed by atoms with Crippen LogP contribution in [0.3, 0.4) is 0 Å². The van der Waals surface area contributed by atoms with Crippen LogP contribution >= 0.6 is 10.5 Å². The van der Waals surface area contributed by atoms with E-state index in [-0.39, 0.29) is 0 Å². The SMILES string of the molecule is C[CH2][Al]=[S]. The van der Waals surface area contributed by atoms with Crippen LogP contribution in [0.2, 0.25) is 5.28 Å². The van der Waals surface area contributed by atoms with E-state index >= 15 is 0 Å². The number of hydrogen-bond donors (Lipinski definition) is 0. The van der Waals surface area contributed by atoms with Crippen molar-refractivity contribution in [3.8, 4) is 0 Å². The van der Waals surface area contributed by atoms with Gasteiger partial charge in [-0.05, 0) is 0 Å². The fourth-order valence-electron chi connectivity index (χ4n) is 0. The third kappa shape index (κ3) is 2.75. The zero-order valence-electron chi connectivity index (χ0n) is 2.69. The summed E-state index contributed by atoms with van der Waals surface area (Å²) in [5, 5.41) is 1.22. The summed E-state index contributed by atoms with van der Waals surface area (Å²) in [5.41, 5.74) is 0. The molecule has 0 aromatic heterocycles. The van der Waals surface area contributed by atoms with Gasteiger partial charge in [-0.1, -0.05) is 0 Å². The van der Waals surface area contributed by atoms with Gasteiger partial charge in [0.25, 0.3) is 0 Å². The summed E-state index contributed by atoms with van der Waals surface area (Å²) in [7, 11) is 4.64. The van der Waals surface area contributed by atoms with E-state index < -0.39 is 0 Å². The molecule has 0 aliphatic carbocycles. The zero-order valence-corrected chi connectivity index (χ0v) is 4.66. The molecule has 0 aliphatic heterocycles. The zero-order chi connectivity index (χ0) is 3.41. The molecule has 0 radical (unpaired) electrons. The van der Waals surface area contributed by atoms with E-state index in [2.05, 4.69) is 17.4 Å². The predicted octanol–water partition coefficient (Wildman–Crippen LogP) is 1.24. The van der Waals surface area contributed by atoms with Crippen LogP contribution in [-0.4, -0.2) is 13.6 Å². The van der Waals surface area contributed by atoms with Gasteiger partial charge in [-0.3, -0.25) is 0 Å². The Kier molecular flexibility index (Phi) is 4.46. The van der Waals surface area contributed by atoms with E-state index in [4.69, 9.17) is 0 Å². The Bertz CT molecular complexity index is 20.0. The van der Waals surface area contributed by atoms with Crippen LogP contribution in [0.15, 0.2) is 0 Å². The van der Waals surface area contributed by atoms with Crippen LogP contribution in [0.25, 0.3) is 0 Å². The van der Waals surface area contributed by atoms with Crippen molar-refractivity contribution in [2.45, 2.75) is 12.2 Å². The maximum absolute atomic E-state index is 4.64. The van der Waals surface area contributed by atoms with E-state index in [0.717, 1.165) is 0 Å². The van der Waals surface area contributed by atoms with Gasteiger partial charge in [0.05, 0.1) is 0 Å². The summed E-state index contributed by atoms with van der Waals surface area (Å²) < 4.78 is 0. The minimum atomic E-state index is 0.366. The summed E-state index contributed by atoms with van der Waals surface area (Å²) in [6.07, 6.45) is 0. The van der Waals surface area contributed by atoms with Crippen LogP contribution in [0.1, 0.15) is 6.92 Å². The van der Waals surface area contributed by atoms with Gasteiger partial charge in [0, 0.05) is 0 Å². The summed E-state index contributed by atoms with van der Waals surface area (Å²) in [5.74, 6) is 0. The van der Waals surface area contributed by atoms with E-state index in [0.29, 0.717) is 13.6 Å². The normalized spacial score (nSPS) is 5.25. The standard InChI is InChI=1S/C2H5.Al.S/c1-2;;/h1H2,2H3;;.